The second-order valence-electron chi connectivity index (χ2n) is 5.17. The van der Waals surface area contributed by atoms with E-state index in [1.165, 1.54) is 6.20 Å². The van der Waals surface area contributed by atoms with Crippen molar-refractivity contribution in [1.29, 1.82) is 0 Å². The average molecular weight is 309 g/mol. The molecule has 0 aliphatic heterocycles. The Balaban J connectivity index is 2.10. The van der Waals surface area contributed by atoms with Crippen molar-refractivity contribution in [2.45, 2.75) is 20.4 Å². The summed E-state index contributed by atoms with van der Waals surface area (Å²) in [6.45, 7) is 5.47. The first-order valence-electron chi connectivity index (χ1n) is 6.84. The van der Waals surface area contributed by atoms with E-state index in [9.17, 15) is 4.39 Å². The van der Waals surface area contributed by atoms with Crippen molar-refractivity contribution in [3.63, 3.8) is 0 Å². The molecule has 1 heterocycles. The number of nitrogens with one attached hydrogen (secondary N) is 1. The van der Waals surface area contributed by atoms with E-state index < -0.39 is 5.82 Å². The van der Waals surface area contributed by atoms with E-state index in [1.54, 1.807) is 30.3 Å². The predicted octanol–water partition coefficient (Wildman–Crippen LogP) is 4.41. The molecule has 0 bridgehead atoms. The number of aromatic nitrogens is 1. The maximum atomic E-state index is 14.3. The zero-order valence-electron chi connectivity index (χ0n) is 12.1. The summed E-state index contributed by atoms with van der Waals surface area (Å²) in [5.74, 6) is 0.480. The van der Waals surface area contributed by atoms with Crippen LogP contribution in [0.3, 0.4) is 0 Å². The van der Waals surface area contributed by atoms with Gasteiger partial charge in [0.15, 0.2) is 5.82 Å². The number of nitrogens with zero attached hydrogens (tertiary/aromatic N) is 1. The topological polar surface area (TPSA) is 34.2 Å². The highest BCUT2D eigenvalue weighted by molar-refractivity contribution is 6.30. The molecule has 21 heavy (non-hydrogen) atoms. The molecule has 0 amide bonds. The van der Waals surface area contributed by atoms with Crippen molar-refractivity contribution < 1.29 is 9.13 Å². The summed E-state index contributed by atoms with van der Waals surface area (Å²) in [6.07, 6.45) is 1.54. The largest absolute Gasteiger partial charge is 0.436 e. The molecule has 5 heteroatoms. The highest BCUT2D eigenvalue weighted by atomic mass is 35.5. The van der Waals surface area contributed by atoms with Gasteiger partial charge in [-0.15, -0.1) is 0 Å². The van der Waals surface area contributed by atoms with Crippen LogP contribution in [0.5, 0.6) is 11.6 Å². The van der Waals surface area contributed by atoms with Crippen LogP contribution >= 0.6 is 11.6 Å². The average Bonchev–Trinajstić information content (AvgIpc) is 2.42. The molecule has 0 aliphatic carbocycles. The summed E-state index contributed by atoms with van der Waals surface area (Å²) in [5.41, 5.74) is 0.530. The van der Waals surface area contributed by atoms with Gasteiger partial charge in [0.1, 0.15) is 5.75 Å². The molecule has 0 unspecified atom stereocenters. The van der Waals surface area contributed by atoms with Crippen LogP contribution in [-0.4, -0.2) is 11.5 Å². The fraction of sp³-hybridized carbons (Fsp3) is 0.312. The molecule has 0 fully saturated rings. The van der Waals surface area contributed by atoms with E-state index in [1.807, 2.05) is 0 Å². The van der Waals surface area contributed by atoms with E-state index in [-0.39, 0.29) is 5.88 Å². The van der Waals surface area contributed by atoms with Gasteiger partial charge in [-0.2, -0.15) is 0 Å². The van der Waals surface area contributed by atoms with E-state index in [0.29, 0.717) is 28.8 Å². The van der Waals surface area contributed by atoms with Crippen LogP contribution in [0.2, 0.25) is 5.02 Å². The number of halogens is 2. The third-order valence-corrected chi connectivity index (χ3v) is 3.05. The van der Waals surface area contributed by atoms with Crippen molar-refractivity contribution in [3.8, 4) is 11.6 Å². The quantitative estimate of drug-likeness (QED) is 0.858. The second kappa shape index (κ2) is 7.38. The van der Waals surface area contributed by atoms with Crippen LogP contribution in [0.4, 0.5) is 4.39 Å². The van der Waals surface area contributed by atoms with Crippen LogP contribution < -0.4 is 10.1 Å². The van der Waals surface area contributed by atoms with Crippen LogP contribution in [0, 0.1) is 11.7 Å². The third-order valence-electron chi connectivity index (χ3n) is 2.82. The highest BCUT2D eigenvalue weighted by Gasteiger charge is 2.11. The van der Waals surface area contributed by atoms with Crippen molar-refractivity contribution in [3.05, 3.63) is 52.9 Å². The number of benzene rings is 1. The molecule has 3 nitrogen and oxygen atoms in total. The lowest BCUT2D eigenvalue weighted by Gasteiger charge is -2.11. The fourth-order valence-corrected chi connectivity index (χ4v) is 1.99. The normalized spacial score (nSPS) is 10.9. The van der Waals surface area contributed by atoms with E-state index >= 15 is 0 Å². The zero-order valence-corrected chi connectivity index (χ0v) is 12.8. The van der Waals surface area contributed by atoms with E-state index in [4.69, 9.17) is 16.3 Å². The molecule has 0 radical (unpaired) electrons. The van der Waals surface area contributed by atoms with Crippen molar-refractivity contribution in [2.24, 2.45) is 5.92 Å². The van der Waals surface area contributed by atoms with Crippen LogP contribution in [0.1, 0.15) is 19.4 Å². The van der Waals surface area contributed by atoms with Gasteiger partial charge in [-0.3, -0.25) is 0 Å². The van der Waals surface area contributed by atoms with Crippen molar-refractivity contribution in [2.75, 3.05) is 6.54 Å². The van der Waals surface area contributed by atoms with E-state index in [0.717, 1.165) is 6.54 Å². The predicted molar refractivity (Wildman–Crippen MR) is 82.3 cm³/mol. The minimum absolute atomic E-state index is 0.0406. The Hall–Kier alpha value is -1.65. The Morgan fingerprint density at radius 1 is 1.33 bits per heavy atom. The lowest BCUT2D eigenvalue weighted by Crippen LogP contribution is -2.19. The Labute approximate surface area is 129 Å². The SMILES string of the molecule is CC(C)CNCc1ccnc(Oc2cccc(Cl)c2)c1F. The summed E-state index contributed by atoms with van der Waals surface area (Å²) >= 11 is 5.88. The molecule has 0 atom stereocenters. The van der Waals surface area contributed by atoms with Gasteiger partial charge in [-0.1, -0.05) is 31.5 Å². The fourth-order valence-electron chi connectivity index (χ4n) is 1.81. The Bertz CT molecular complexity index is 605. The van der Waals surface area contributed by atoms with Crippen LogP contribution in [0.25, 0.3) is 0 Å². The minimum atomic E-state index is -0.450. The molecule has 1 aromatic heterocycles. The van der Waals surface area contributed by atoms with Gasteiger partial charge in [0.25, 0.3) is 5.88 Å². The molecule has 2 rings (SSSR count). The summed E-state index contributed by atoms with van der Waals surface area (Å²) in [5, 5.41) is 3.73. The summed E-state index contributed by atoms with van der Waals surface area (Å²) in [4.78, 5) is 3.94. The lowest BCUT2D eigenvalue weighted by atomic mass is 10.2. The monoisotopic (exact) mass is 308 g/mol. The standard InChI is InChI=1S/C16H18ClFN2O/c1-11(2)9-19-10-12-6-7-20-16(15(12)18)21-14-5-3-4-13(17)8-14/h3-8,11,19H,9-10H2,1-2H3. The lowest BCUT2D eigenvalue weighted by molar-refractivity contribution is 0.416. The maximum absolute atomic E-state index is 14.3. The van der Waals surface area contributed by atoms with Crippen molar-refractivity contribution >= 4 is 11.6 Å². The van der Waals surface area contributed by atoms with E-state index in [2.05, 4.69) is 24.1 Å². The zero-order chi connectivity index (χ0) is 15.2. The van der Waals surface area contributed by atoms with Gasteiger partial charge in [0.05, 0.1) is 0 Å². The number of pyridine rings is 1. The molecule has 0 aliphatic rings. The molecule has 1 aromatic carbocycles. The summed E-state index contributed by atoms with van der Waals surface area (Å²) in [7, 11) is 0. The highest BCUT2D eigenvalue weighted by Crippen LogP contribution is 2.26. The number of rotatable bonds is 6. The van der Waals surface area contributed by atoms with Crippen LogP contribution in [-0.2, 0) is 6.54 Å². The van der Waals surface area contributed by atoms with Gasteiger partial charge in [-0.05, 0) is 36.7 Å². The van der Waals surface area contributed by atoms with Gasteiger partial charge in [-0.25, -0.2) is 9.37 Å². The molecule has 0 saturated carbocycles. The molecule has 112 valence electrons. The Morgan fingerprint density at radius 3 is 2.86 bits per heavy atom. The molecule has 2 aromatic rings. The summed E-state index contributed by atoms with van der Waals surface area (Å²) < 4.78 is 19.8. The first-order chi connectivity index (χ1) is 10.1. The number of hydrogen-bond acceptors (Lipinski definition) is 3. The number of ether oxygens (including phenoxy) is 1. The van der Waals surface area contributed by atoms with Gasteiger partial charge in [0.2, 0.25) is 0 Å². The molecule has 0 spiro atoms. The van der Waals surface area contributed by atoms with Gasteiger partial charge < -0.3 is 10.1 Å². The first-order valence-corrected chi connectivity index (χ1v) is 7.21. The third kappa shape index (κ3) is 4.69. The molecular formula is C16H18ClFN2O. The van der Waals surface area contributed by atoms with Crippen LogP contribution in [0.15, 0.2) is 36.5 Å². The molecular weight excluding hydrogens is 291 g/mol. The van der Waals surface area contributed by atoms with Gasteiger partial charge >= 0.3 is 0 Å². The molecule has 0 saturated heterocycles. The maximum Gasteiger partial charge on any atom is 0.256 e. The van der Waals surface area contributed by atoms with Crippen molar-refractivity contribution in [1.82, 2.24) is 10.3 Å². The minimum Gasteiger partial charge on any atom is -0.436 e. The Kier molecular flexibility index (Phi) is 5.53. The smallest absolute Gasteiger partial charge is 0.256 e. The Morgan fingerprint density at radius 2 is 2.14 bits per heavy atom. The van der Waals surface area contributed by atoms with Gasteiger partial charge in [0, 0.05) is 23.3 Å². The molecule has 1 N–H and O–H groups in total. The number of hydrogen-bond donors (Lipinski definition) is 1. The first kappa shape index (κ1) is 15.7. The summed E-state index contributed by atoms with van der Waals surface area (Å²) in [6, 6.07) is 8.44. The second-order valence-corrected chi connectivity index (χ2v) is 5.61.